The first-order valence-electron chi connectivity index (χ1n) is 8.29. The van der Waals surface area contributed by atoms with E-state index in [1.54, 1.807) is 24.3 Å². The molecule has 1 fully saturated rings. The highest BCUT2D eigenvalue weighted by atomic mass is 35.5. The first-order valence-corrected chi connectivity index (χ1v) is 10.5. The summed E-state index contributed by atoms with van der Waals surface area (Å²) < 4.78 is 39.8. The lowest BCUT2D eigenvalue weighted by Crippen LogP contribution is -2.34. The number of fused-ring (bicyclic) bond motifs is 1. The van der Waals surface area contributed by atoms with Crippen molar-refractivity contribution < 1.29 is 17.9 Å². The van der Waals surface area contributed by atoms with Gasteiger partial charge >= 0.3 is 0 Å². The van der Waals surface area contributed by atoms with E-state index < -0.39 is 15.6 Å². The third kappa shape index (κ3) is 3.39. The fourth-order valence-corrected chi connectivity index (χ4v) is 4.76. The van der Waals surface area contributed by atoms with Gasteiger partial charge in [-0.3, -0.25) is 0 Å². The average Bonchev–Trinajstić information content (AvgIpc) is 3.40. The van der Waals surface area contributed by atoms with E-state index in [1.165, 1.54) is 12.1 Å². The second-order valence-corrected chi connectivity index (χ2v) is 8.97. The predicted octanol–water partition coefficient (Wildman–Crippen LogP) is 4.12. The van der Waals surface area contributed by atoms with Crippen molar-refractivity contribution in [2.24, 2.45) is 0 Å². The molecule has 1 aliphatic heterocycles. The van der Waals surface area contributed by atoms with Crippen LogP contribution in [0.4, 0.5) is 0 Å². The zero-order valence-corrected chi connectivity index (χ0v) is 16.1. The molecule has 0 aromatic heterocycles. The van der Waals surface area contributed by atoms with Crippen molar-refractivity contribution in [1.82, 2.24) is 4.72 Å². The molecule has 2 aliphatic rings. The van der Waals surface area contributed by atoms with Crippen LogP contribution in [0.3, 0.4) is 0 Å². The predicted molar refractivity (Wildman–Crippen MR) is 99.7 cm³/mol. The lowest BCUT2D eigenvalue weighted by molar-refractivity contribution is 0.297. The van der Waals surface area contributed by atoms with Gasteiger partial charge in [-0.05, 0) is 42.7 Å². The standard InChI is InChI=1S/C18H17Cl2NO4S/c19-14-4-2-12(10-15(14)20)18(6-7-18)21-26(22,23)13-3-5-16-17(11-13)25-9-1-8-24-16/h2-5,10-11,21H,1,6-9H2. The van der Waals surface area contributed by atoms with Crippen LogP contribution in [0.1, 0.15) is 24.8 Å². The number of halogens is 2. The molecule has 26 heavy (non-hydrogen) atoms. The number of benzene rings is 2. The van der Waals surface area contributed by atoms with Crippen LogP contribution < -0.4 is 14.2 Å². The highest BCUT2D eigenvalue weighted by Crippen LogP contribution is 2.48. The van der Waals surface area contributed by atoms with Gasteiger partial charge in [0.05, 0.1) is 33.7 Å². The Hall–Kier alpha value is -1.47. The molecule has 0 saturated heterocycles. The third-order valence-corrected chi connectivity index (χ3v) is 6.85. The van der Waals surface area contributed by atoms with Crippen molar-refractivity contribution in [1.29, 1.82) is 0 Å². The zero-order chi connectivity index (χ0) is 18.4. The average molecular weight is 414 g/mol. The van der Waals surface area contributed by atoms with Crippen LogP contribution in [0.2, 0.25) is 10.0 Å². The van der Waals surface area contributed by atoms with Gasteiger partial charge in [-0.1, -0.05) is 29.3 Å². The summed E-state index contributed by atoms with van der Waals surface area (Å²) in [5.41, 5.74) is 0.168. The maximum absolute atomic E-state index is 12.9. The molecule has 0 unspecified atom stereocenters. The quantitative estimate of drug-likeness (QED) is 0.818. The monoisotopic (exact) mass is 413 g/mol. The van der Waals surface area contributed by atoms with Crippen molar-refractivity contribution in [3.63, 3.8) is 0 Å². The number of sulfonamides is 1. The number of nitrogens with one attached hydrogen (secondary N) is 1. The molecule has 0 atom stereocenters. The Kier molecular flexibility index (Phi) is 4.55. The Labute approximate surface area is 162 Å². The first kappa shape index (κ1) is 17.9. The van der Waals surface area contributed by atoms with Gasteiger partial charge in [0.25, 0.3) is 0 Å². The van der Waals surface area contributed by atoms with Crippen LogP contribution in [-0.4, -0.2) is 21.6 Å². The van der Waals surface area contributed by atoms with E-state index in [1.807, 2.05) is 0 Å². The Balaban J connectivity index is 1.63. The van der Waals surface area contributed by atoms with E-state index in [0.29, 0.717) is 47.6 Å². The molecule has 0 bridgehead atoms. The molecule has 0 amide bonds. The fraction of sp³-hybridized carbons (Fsp3) is 0.333. The van der Waals surface area contributed by atoms with E-state index in [9.17, 15) is 8.42 Å². The lowest BCUT2D eigenvalue weighted by atomic mass is 10.1. The highest BCUT2D eigenvalue weighted by molar-refractivity contribution is 7.89. The molecule has 1 saturated carbocycles. The van der Waals surface area contributed by atoms with Crippen LogP contribution in [0.5, 0.6) is 11.5 Å². The van der Waals surface area contributed by atoms with Crippen molar-refractivity contribution in [3.8, 4) is 11.5 Å². The molecule has 138 valence electrons. The molecular formula is C18H17Cl2NO4S. The maximum Gasteiger partial charge on any atom is 0.241 e. The maximum atomic E-state index is 12.9. The van der Waals surface area contributed by atoms with Crippen molar-refractivity contribution in [2.75, 3.05) is 13.2 Å². The van der Waals surface area contributed by atoms with Crippen LogP contribution in [-0.2, 0) is 15.6 Å². The van der Waals surface area contributed by atoms with E-state index in [-0.39, 0.29) is 4.90 Å². The molecular weight excluding hydrogens is 397 g/mol. The Bertz CT molecular complexity index is 958. The molecule has 0 spiro atoms. The van der Waals surface area contributed by atoms with Crippen LogP contribution in [0.15, 0.2) is 41.3 Å². The van der Waals surface area contributed by atoms with Gasteiger partial charge in [-0.25, -0.2) is 13.1 Å². The van der Waals surface area contributed by atoms with Crippen molar-refractivity contribution in [2.45, 2.75) is 29.7 Å². The molecule has 1 aliphatic carbocycles. The van der Waals surface area contributed by atoms with Gasteiger partial charge in [0.2, 0.25) is 10.0 Å². The molecule has 2 aromatic carbocycles. The summed E-state index contributed by atoms with van der Waals surface area (Å²) in [5, 5.41) is 0.849. The summed E-state index contributed by atoms with van der Waals surface area (Å²) in [5.74, 6) is 1.01. The van der Waals surface area contributed by atoms with Crippen LogP contribution >= 0.6 is 23.2 Å². The summed E-state index contributed by atoms with van der Waals surface area (Å²) in [6.07, 6.45) is 2.17. The molecule has 5 nitrogen and oxygen atoms in total. The minimum atomic E-state index is -3.73. The highest BCUT2D eigenvalue weighted by Gasteiger charge is 2.47. The SMILES string of the molecule is O=S(=O)(NC1(c2ccc(Cl)c(Cl)c2)CC1)c1ccc2c(c1)OCCCO2. The zero-order valence-electron chi connectivity index (χ0n) is 13.8. The smallest absolute Gasteiger partial charge is 0.241 e. The Morgan fingerprint density at radius 3 is 2.35 bits per heavy atom. The van der Waals surface area contributed by atoms with Gasteiger partial charge in [-0.15, -0.1) is 0 Å². The molecule has 4 rings (SSSR count). The number of rotatable bonds is 4. The van der Waals surface area contributed by atoms with Crippen molar-refractivity contribution >= 4 is 33.2 Å². The summed E-state index contributed by atoms with van der Waals surface area (Å²) in [7, 11) is -3.73. The number of hydrogen-bond donors (Lipinski definition) is 1. The van der Waals surface area contributed by atoms with Gasteiger partial charge in [-0.2, -0.15) is 0 Å². The number of ether oxygens (including phenoxy) is 2. The van der Waals surface area contributed by atoms with E-state index >= 15 is 0 Å². The largest absolute Gasteiger partial charge is 0.490 e. The normalized spacial score (nSPS) is 18.2. The Morgan fingerprint density at radius 1 is 0.923 bits per heavy atom. The summed E-state index contributed by atoms with van der Waals surface area (Å²) in [6.45, 7) is 1.05. The minimum absolute atomic E-state index is 0.146. The second kappa shape index (κ2) is 6.60. The van der Waals surface area contributed by atoms with E-state index in [0.717, 1.165) is 12.0 Å². The molecule has 8 heteroatoms. The Morgan fingerprint density at radius 2 is 1.65 bits per heavy atom. The van der Waals surface area contributed by atoms with Gasteiger partial charge in [0, 0.05) is 12.5 Å². The fourth-order valence-electron chi connectivity index (χ4n) is 3.00. The third-order valence-electron chi connectivity index (χ3n) is 4.58. The van der Waals surface area contributed by atoms with Crippen LogP contribution in [0.25, 0.3) is 0 Å². The topological polar surface area (TPSA) is 64.6 Å². The molecule has 1 N–H and O–H groups in total. The second-order valence-electron chi connectivity index (χ2n) is 6.48. The van der Waals surface area contributed by atoms with Crippen LogP contribution in [0, 0.1) is 0 Å². The summed E-state index contributed by atoms with van der Waals surface area (Å²) in [6, 6.07) is 9.87. The van der Waals surface area contributed by atoms with Gasteiger partial charge in [0.15, 0.2) is 11.5 Å². The molecule has 1 heterocycles. The summed E-state index contributed by atoms with van der Waals surface area (Å²) in [4.78, 5) is 0.146. The molecule has 0 radical (unpaired) electrons. The van der Waals surface area contributed by atoms with E-state index in [4.69, 9.17) is 32.7 Å². The number of hydrogen-bond acceptors (Lipinski definition) is 4. The van der Waals surface area contributed by atoms with Gasteiger partial charge < -0.3 is 9.47 Å². The van der Waals surface area contributed by atoms with Gasteiger partial charge in [0.1, 0.15) is 0 Å². The lowest BCUT2D eigenvalue weighted by Gasteiger charge is -2.19. The van der Waals surface area contributed by atoms with Crippen molar-refractivity contribution in [3.05, 3.63) is 52.0 Å². The summed E-state index contributed by atoms with van der Waals surface area (Å²) >= 11 is 12.1. The van der Waals surface area contributed by atoms with E-state index in [2.05, 4.69) is 4.72 Å². The minimum Gasteiger partial charge on any atom is -0.490 e. The first-order chi connectivity index (χ1) is 12.4. The molecule has 2 aromatic rings.